The van der Waals surface area contributed by atoms with Crippen molar-refractivity contribution >= 4 is 0 Å². The molecule has 1 rings (SSSR count). The highest BCUT2D eigenvalue weighted by Crippen LogP contribution is 2.39. The van der Waals surface area contributed by atoms with Crippen LogP contribution in [0.1, 0.15) is 26.7 Å². The van der Waals surface area contributed by atoms with Crippen LogP contribution in [0.4, 0.5) is 0 Å². The molecular weight excluding hydrogens is 110 g/mol. The molecule has 1 aliphatic rings. The van der Waals surface area contributed by atoms with Crippen molar-refractivity contribution in [3.63, 3.8) is 0 Å². The SMILES string of the molecule is C=C1CCC(N)C1(C)C. The minimum atomic E-state index is 0.194. The second kappa shape index (κ2) is 1.84. The summed E-state index contributed by atoms with van der Waals surface area (Å²) in [6.07, 6.45) is 2.24. The van der Waals surface area contributed by atoms with Crippen LogP contribution in [-0.4, -0.2) is 6.04 Å². The van der Waals surface area contributed by atoms with E-state index in [0.717, 1.165) is 12.8 Å². The average Bonchev–Trinajstić information content (AvgIpc) is 1.96. The first-order valence-corrected chi connectivity index (χ1v) is 3.49. The molecule has 2 N–H and O–H groups in total. The van der Waals surface area contributed by atoms with Crippen molar-refractivity contribution in [2.75, 3.05) is 0 Å². The largest absolute Gasteiger partial charge is 0.327 e. The van der Waals surface area contributed by atoms with E-state index in [2.05, 4.69) is 20.4 Å². The Hall–Kier alpha value is -0.300. The zero-order valence-electron chi connectivity index (χ0n) is 6.28. The van der Waals surface area contributed by atoms with Crippen LogP contribution in [0.3, 0.4) is 0 Å². The molecule has 0 aromatic carbocycles. The van der Waals surface area contributed by atoms with Crippen molar-refractivity contribution in [1.29, 1.82) is 0 Å². The Labute approximate surface area is 56.9 Å². The van der Waals surface area contributed by atoms with Gasteiger partial charge in [0.05, 0.1) is 0 Å². The lowest BCUT2D eigenvalue weighted by Gasteiger charge is -2.24. The fraction of sp³-hybridized carbons (Fsp3) is 0.750. The third-order valence-electron chi connectivity index (χ3n) is 2.60. The number of hydrogen-bond donors (Lipinski definition) is 1. The molecule has 1 saturated carbocycles. The van der Waals surface area contributed by atoms with Gasteiger partial charge < -0.3 is 5.73 Å². The van der Waals surface area contributed by atoms with E-state index in [1.807, 2.05) is 0 Å². The Morgan fingerprint density at radius 3 is 2.33 bits per heavy atom. The predicted molar refractivity (Wildman–Crippen MR) is 40.1 cm³/mol. The van der Waals surface area contributed by atoms with E-state index in [1.54, 1.807) is 0 Å². The maximum Gasteiger partial charge on any atom is 0.0131 e. The highest BCUT2D eigenvalue weighted by molar-refractivity contribution is 5.16. The summed E-state index contributed by atoms with van der Waals surface area (Å²) < 4.78 is 0. The highest BCUT2D eigenvalue weighted by Gasteiger charge is 2.34. The molecule has 0 amide bonds. The Balaban J connectivity index is 2.78. The van der Waals surface area contributed by atoms with Crippen molar-refractivity contribution in [3.8, 4) is 0 Å². The molecule has 0 radical (unpaired) electrons. The Morgan fingerprint density at radius 1 is 1.67 bits per heavy atom. The van der Waals surface area contributed by atoms with Gasteiger partial charge in [0, 0.05) is 11.5 Å². The van der Waals surface area contributed by atoms with E-state index in [-0.39, 0.29) is 5.41 Å². The molecule has 1 fully saturated rings. The third kappa shape index (κ3) is 0.897. The lowest BCUT2D eigenvalue weighted by Crippen LogP contribution is -2.32. The lowest BCUT2D eigenvalue weighted by molar-refractivity contribution is 0.395. The van der Waals surface area contributed by atoms with E-state index < -0.39 is 0 Å². The van der Waals surface area contributed by atoms with Gasteiger partial charge in [-0.1, -0.05) is 26.0 Å². The second-order valence-electron chi connectivity index (χ2n) is 3.47. The molecule has 9 heavy (non-hydrogen) atoms. The first-order chi connectivity index (χ1) is 4.05. The molecule has 52 valence electrons. The molecule has 1 aliphatic carbocycles. The molecule has 0 spiro atoms. The standard InChI is InChI=1S/C8H15N/c1-6-4-5-7(9)8(6,2)3/h7H,1,4-5,9H2,2-3H3. The Kier molecular flexibility index (Phi) is 1.39. The van der Waals surface area contributed by atoms with Crippen LogP contribution >= 0.6 is 0 Å². The zero-order chi connectivity index (χ0) is 7.07. The van der Waals surface area contributed by atoms with Crippen molar-refractivity contribution < 1.29 is 0 Å². The molecule has 1 atom stereocenters. The summed E-state index contributed by atoms with van der Waals surface area (Å²) in [6, 6.07) is 0.338. The fourth-order valence-corrected chi connectivity index (χ4v) is 1.27. The van der Waals surface area contributed by atoms with Crippen LogP contribution in [0.5, 0.6) is 0 Å². The maximum absolute atomic E-state index is 5.84. The fourth-order valence-electron chi connectivity index (χ4n) is 1.27. The minimum absolute atomic E-state index is 0.194. The van der Waals surface area contributed by atoms with Crippen LogP contribution in [0.15, 0.2) is 12.2 Å². The molecule has 1 heteroatoms. The first-order valence-electron chi connectivity index (χ1n) is 3.49. The van der Waals surface area contributed by atoms with Gasteiger partial charge in [-0.15, -0.1) is 0 Å². The van der Waals surface area contributed by atoms with Gasteiger partial charge in [-0.2, -0.15) is 0 Å². The van der Waals surface area contributed by atoms with E-state index in [9.17, 15) is 0 Å². The minimum Gasteiger partial charge on any atom is -0.327 e. The molecule has 0 saturated heterocycles. The summed E-state index contributed by atoms with van der Waals surface area (Å²) in [6.45, 7) is 8.32. The van der Waals surface area contributed by atoms with Crippen molar-refractivity contribution in [2.24, 2.45) is 11.1 Å². The smallest absolute Gasteiger partial charge is 0.0131 e. The number of hydrogen-bond acceptors (Lipinski definition) is 1. The zero-order valence-corrected chi connectivity index (χ0v) is 6.28. The van der Waals surface area contributed by atoms with E-state index in [4.69, 9.17) is 5.73 Å². The second-order valence-corrected chi connectivity index (χ2v) is 3.47. The van der Waals surface area contributed by atoms with Crippen molar-refractivity contribution in [3.05, 3.63) is 12.2 Å². The van der Waals surface area contributed by atoms with Crippen molar-refractivity contribution in [2.45, 2.75) is 32.7 Å². The van der Waals surface area contributed by atoms with Gasteiger partial charge in [0.2, 0.25) is 0 Å². The normalized spacial score (nSPS) is 33.2. The van der Waals surface area contributed by atoms with Gasteiger partial charge in [0.1, 0.15) is 0 Å². The maximum atomic E-state index is 5.84. The Morgan fingerprint density at radius 2 is 2.22 bits per heavy atom. The number of nitrogens with two attached hydrogens (primary N) is 1. The molecule has 0 aromatic rings. The average molecular weight is 125 g/mol. The summed E-state index contributed by atoms with van der Waals surface area (Å²) in [5, 5.41) is 0. The van der Waals surface area contributed by atoms with Crippen LogP contribution in [0.25, 0.3) is 0 Å². The van der Waals surface area contributed by atoms with Gasteiger partial charge >= 0.3 is 0 Å². The lowest BCUT2D eigenvalue weighted by atomic mass is 9.85. The quantitative estimate of drug-likeness (QED) is 0.490. The summed E-state index contributed by atoms with van der Waals surface area (Å²) in [5.74, 6) is 0. The highest BCUT2D eigenvalue weighted by atomic mass is 14.7. The number of rotatable bonds is 0. The molecule has 0 bridgehead atoms. The van der Waals surface area contributed by atoms with Gasteiger partial charge in [-0.25, -0.2) is 0 Å². The van der Waals surface area contributed by atoms with Gasteiger partial charge in [0.25, 0.3) is 0 Å². The Bertz CT molecular complexity index is 136. The first kappa shape index (κ1) is 6.81. The van der Waals surface area contributed by atoms with Gasteiger partial charge in [-0.3, -0.25) is 0 Å². The predicted octanol–water partition coefficient (Wildman–Crippen LogP) is 1.69. The molecule has 0 aromatic heterocycles. The van der Waals surface area contributed by atoms with Gasteiger partial charge in [0.15, 0.2) is 0 Å². The van der Waals surface area contributed by atoms with Gasteiger partial charge in [-0.05, 0) is 12.8 Å². The van der Waals surface area contributed by atoms with Crippen LogP contribution in [-0.2, 0) is 0 Å². The molecule has 0 aliphatic heterocycles. The van der Waals surface area contributed by atoms with Crippen LogP contribution in [0.2, 0.25) is 0 Å². The van der Waals surface area contributed by atoms with E-state index in [0.29, 0.717) is 6.04 Å². The third-order valence-corrected chi connectivity index (χ3v) is 2.60. The summed E-state index contributed by atoms with van der Waals surface area (Å²) in [5.41, 5.74) is 7.35. The molecule has 1 nitrogen and oxygen atoms in total. The molecule has 1 unspecified atom stereocenters. The molecule has 0 heterocycles. The molecular formula is C8H15N. The summed E-state index contributed by atoms with van der Waals surface area (Å²) >= 11 is 0. The topological polar surface area (TPSA) is 26.0 Å². The summed E-state index contributed by atoms with van der Waals surface area (Å²) in [7, 11) is 0. The van der Waals surface area contributed by atoms with Crippen molar-refractivity contribution in [1.82, 2.24) is 0 Å². The summed E-state index contributed by atoms with van der Waals surface area (Å²) in [4.78, 5) is 0. The van der Waals surface area contributed by atoms with E-state index in [1.165, 1.54) is 5.57 Å². The van der Waals surface area contributed by atoms with E-state index >= 15 is 0 Å². The van der Waals surface area contributed by atoms with Crippen LogP contribution < -0.4 is 5.73 Å². The van der Waals surface area contributed by atoms with Crippen LogP contribution in [0, 0.1) is 5.41 Å². The monoisotopic (exact) mass is 125 g/mol.